The number of pyridine rings is 1. The zero-order chi connectivity index (χ0) is 14.8. The van der Waals surface area contributed by atoms with Crippen LogP contribution in [0, 0.1) is 3.57 Å². The van der Waals surface area contributed by atoms with Crippen LogP contribution in [0.1, 0.15) is 23.2 Å². The van der Waals surface area contributed by atoms with Crippen molar-refractivity contribution in [3.63, 3.8) is 0 Å². The third-order valence-corrected chi connectivity index (χ3v) is 3.41. The summed E-state index contributed by atoms with van der Waals surface area (Å²) in [5.41, 5.74) is -2.55. The highest BCUT2D eigenvalue weighted by atomic mass is 127. The van der Waals surface area contributed by atoms with Crippen LogP contribution in [0.25, 0.3) is 0 Å². The van der Waals surface area contributed by atoms with Crippen molar-refractivity contribution in [3.05, 3.63) is 26.6 Å². The van der Waals surface area contributed by atoms with E-state index < -0.39 is 41.8 Å². The number of carbonyl (C=O) groups is 1. The number of ether oxygens (including phenoxy) is 1. The SMILES string of the molecule is COC(=O)Cc1c(C(F)(F)F)cnc(C(F)F)c1I. The number of hydrogen-bond acceptors (Lipinski definition) is 3. The van der Waals surface area contributed by atoms with Gasteiger partial charge >= 0.3 is 12.1 Å². The maximum Gasteiger partial charge on any atom is 0.418 e. The summed E-state index contributed by atoms with van der Waals surface area (Å²) in [6.45, 7) is 0. The predicted octanol–water partition coefficient (Wildman–Crippen LogP) is 3.36. The van der Waals surface area contributed by atoms with Crippen molar-refractivity contribution in [2.24, 2.45) is 0 Å². The summed E-state index contributed by atoms with van der Waals surface area (Å²) < 4.78 is 67.3. The van der Waals surface area contributed by atoms with E-state index in [1.165, 1.54) is 22.6 Å². The van der Waals surface area contributed by atoms with E-state index in [0.717, 1.165) is 7.11 Å². The van der Waals surface area contributed by atoms with Crippen LogP contribution in [0.2, 0.25) is 0 Å². The van der Waals surface area contributed by atoms with Crippen molar-refractivity contribution >= 4 is 28.6 Å². The number of nitrogens with zero attached hydrogens (tertiary/aromatic N) is 1. The van der Waals surface area contributed by atoms with Gasteiger partial charge in [0.05, 0.1) is 19.1 Å². The first-order chi connectivity index (χ1) is 8.68. The summed E-state index contributed by atoms with van der Waals surface area (Å²) in [5, 5.41) is 0. The highest BCUT2D eigenvalue weighted by Crippen LogP contribution is 2.36. The lowest BCUT2D eigenvalue weighted by molar-refractivity contribution is -0.141. The van der Waals surface area contributed by atoms with E-state index in [9.17, 15) is 26.7 Å². The van der Waals surface area contributed by atoms with Gasteiger partial charge in [-0.05, 0) is 28.2 Å². The number of carbonyl (C=O) groups excluding carboxylic acids is 1. The second-order valence-corrected chi connectivity index (χ2v) is 4.48. The molecule has 0 spiro atoms. The number of esters is 1. The molecular formula is C10H7F5INO2. The van der Waals surface area contributed by atoms with Gasteiger partial charge in [-0.3, -0.25) is 9.78 Å². The van der Waals surface area contributed by atoms with Crippen LogP contribution in [-0.4, -0.2) is 18.1 Å². The molecule has 0 unspecified atom stereocenters. The molecule has 1 rings (SSSR count). The van der Waals surface area contributed by atoms with Crippen LogP contribution in [0.3, 0.4) is 0 Å². The fraction of sp³-hybridized carbons (Fsp3) is 0.400. The fourth-order valence-electron chi connectivity index (χ4n) is 1.33. The third-order valence-electron chi connectivity index (χ3n) is 2.21. The van der Waals surface area contributed by atoms with Gasteiger partial charge in [-0.15, -0.1) is 0 Å². The molecule has 19 heavy (non-hydrogen) atoms. The van der Waals surface area contributed by atoms with E-state index in [4.69, 9.17) is 0 Å². The summed E-state index contributed by atoms with van der Waals surface area (Å²) in [6, 6.07) is 0. The number of halogens is 6. The second-order valence-electron chi connectivity index (χ2n) is 3.40. The van der Waals surface area contributed by atoms with Gasteiger partial charge in [0.25, 0.3) is 6.43 Å². The lowest BCUT2D eigenvalue weighted by atomic mass is 10.1. The van der Waals surface area contributed by atoms with Gasteiger partial charge in [0.2, 0.25) is 0 Å². The Balaban J connectivity index is 3.42. The Hall–Kier alpha value is -1.00. The molecule has 0 atom stereocenters. The van der Waals surface area contributed by atoms with E-state index in [0.29, 0.717) is 6.20 Å². The molecule has 1 heterocycles. The molecule has 0 amide bonds. The average Bonchev–Trinajstić information content (AvgIpc) is 2.29. The standard InChI is InChI=1S/C10H7F5INO2/c1-19-6(18)2-4-5(10(13,14)15)3-17-8(7(4)16)9(11)12/h3,9H,2H2,1H3. The largest absolute Gasteiger partial charge is 0.469 e. The van der Waals surface area contributed by atoms with Gasteiger partial charge in [0.15, 0.2) is 0 Å². The van der Waals surface area contributed by atoms with Gasteiger partial charge in [-0.2, -0.15) is 13.2 Å². The Morgan fingerprint density at radius 1 is 1.47 bits per heavy atom. The monoisotopic (exact) mass is 395 g/mol. The van der Waals surface area contributed by atoms with Crippen LogP contribution in [0.4, 0.5) is 22.0 Å². The zero-order valence-corrected chi connectivity index (χ0v) is 11.6. The normalized spacial score (nSPS) is 11.8. The molecule has 0 saturated heterocycles. The summed E-state index contributed by atoms with van der Waals surface area (Å²) in [4.78, 5) is 14.2. The van der Waals surface area contributed by atoms with Crippen molar-refractivity contribution in [2.75, 3.05) is 7.11 Å². The van der Waals surface area contributed by atoms with Gasteiger partial charge < -0.3 is 4.74 Å². The highest BCUT2D eigenvalue weighted by molar-refractivity contribution is 14.1. The van der Waals surface area contributed by atoms with Crippen molar-refractivity contribution < 1.29 is 31.5 Å². The average molecular weight is 395 g/mol. The number of alkyl halides is 5. The smallest absolute Gasteiger partial charge is 0.418 e. The number of hydrogen-bond donors (Lipinski definition) is 0. The maximum atomic E-state index is 12.7. The lowest BCUT2D eigenvalue weighted by Gasteiger charge is -2.15. The van der Waals surface area contributed by atoms with Crippen molar-refractivity contribution in [3.8, 4) is 0 Å². The molecule has 0 radical (unpaired) electrons. The third kappa shape index (κ3) is 3.74. The summed E-state index contributed by atoms with van der Waals surface area (Å²) in [5.74, 6) is -0.949. The minimum absolute atomic E-state index is 0.307. The first kappa shape index (κ1) is 16.1. The molecule has 0 aromatic carbocycles. The first-order valence-electron chi connectivity index (χ1n) is 4.78. The molecule has 0 saturated carbocycles. The number of methoxy groups -OCH3 is 1. The van der Waals surface area contributed by atoms with Crippen molar-refractivity contribution in [2.45, 2.75) is 19.0 Å². The van der Waals surface area contributed by atoms with Crippen LogP contribution in [0.15, 0.2) is 6.20 Å². The minimum atomic E-state index is -4.78. The lowest BCUT2D eigenvalue weighted by Crippen LogP contribution is -2.17. The molecule has 9 heteroatoms. The Labute approximate surface area is 118 Å². The Morgan fingerprint density at radius 3 is 2.47 bits per heavy atom. The molecule has 3 nitrogen and oxygen atoms in total. The van der Waals surface area contributed by atoms with E-state index in [1.807, 2.05) is 0 Å². The summed E-state index contributed by atoms with van der Waals surface area (Å²) >= 11 is 1.32. The molecule has 0 N–H and O–H groups in total. The zero-order valence-electron chi connectivity index (χ0n) is 9.39. The molecule has 1 aromatic rings. The Morgan fingerprint density at radius 2 is 2.05 bits per heavy atom. The minimum Gasteiger partial charge on any atom is -0.469 e. The fourth-order valence-corrected chi connectivity index (χ4v) is 2.18. The van der Waals surface area contributed by atoms with Crippen LogP contribution in [-0.2, 0) is 22.1 Å². The van der Waals surface area contributed by atoms with Crippen molar-refractivity contribution in [1.29, 1.82) is 0 Å². The summed E-state index contributed by atoms with van der Waals surface area (Å²) in [7, 11) is 0.998. The first-order valence-corrected chi connectivity index (χ1v) is 5.85. The van der Waals surface area contributed by atoms with E-state index >= 15 is 0 Å². The Kier molecular flexibility index (Phi) is 5.04. The summed E-state index contributed by atoms with van der Waals surface area (Å²) in [6.07, 6.45) is -8.24. The van der Waals surface area contributed by atoms with Crippen LogP contribution < -0.4 is 0 Å². The number of aromatic nitrogens is 1. The van der Waals surface area contributed by atoms with Gasteiger partial charge in [-0.25, -0.2) is 8.78 Å². The van der Waals surface area contributed by atoms with Gasteiger partial charge in [-0.1, -0.05) is 0 Å². The van der Waals surface area contributed by atoms with Crippen LogP contribution >= 0.6 is 22.6 Å². The molecule has 1 aromatic heterocycles. The van der Waals surface area contributed by atoms with Gasteiger partial charge in [0.1, 0.15) is 5.69 Å². The molecular weight excluding hydrogens is 388 g/mol. The molecule has 0 aliphatic rings. The molecule has 0 bridgehead atoms. The van der Waals surface area contributed by atoms with E-state index in [-0.39, 0.29) is 3.57 Å². The number of rotatable bonds is 3. The van der Waals surface area contributed by atoms with Crippen LogP contribution in [0.5, 0.6) is 0 Å². The van der Waals surface area contributed by atoms with Crippen molar-refractivity contribution in [1.82, 2.24) is 4.98 Å². The van der Waals surface area contributed by atoms with E-state index in [1.54, 1.807) is 0 Å². The predicted molar refractivity (Wildman–Crippen MR) is 62.6 cm³/mol. The Bertz CT molecular complexity index is 490. The molecule has 0 aliphatic carbocycles. The maximum absolute atomic E-state index is 12.7. The second kappa shape index (κ2) is 5.97. The molecule has 0 aliphatic heterocycles. The van der Waals surface area contributed by atoms with Gasteiger partial charge in [0, 0.05) is 9.77 Å². The molecule has 106 valence electrons. The molecule has 0 fully saturated rings. The highest BCUT2D eigenvalue weighted by Gasteiger charge is 2.36. The topological polar surface area (TPSA) is 39.2 Å². The quantitative estimate of drug-likeness (QED) is 0.448. The van der Waals surface area contributed by atoms with E-state index in [2.05, 4.69) is 9.72 Å².